The lowest BCUT2D eigenvalue weighted by atomic mass is 9.79. The molecule has 1 aliphatic rings. The fraction of sp³-hybridized carbons (Fsp3) is 1.00. The van der Waals surface area contributed by atoms with Crippen LogP contribution >= 0.6 is 0 Å². The zero-order chi connectivity index (χ0) is 10.2. The number of hydrogen-bond donors (Lipinski definition) is 2. The van der Waals surface area contributed by atoms with Gasteiger partial charge < -0.3 is 10.2 Å². The van der Waals surface area contributed by atoms with E-state index in [1.807, 2.05) is 0 Å². The lowest BCUT2D eigenvalue weighted by Gasteiger charge is -2.28. The quantitative estimate of drug-likeness (QED) is 0.646. The largest absolute Gasteiger partial charge is 0.396 e. The van der Waals surface area contributed by atoms with E-state index in [1.165, 1.54) is 38.5 Å². The standard InChI is InChI=1S/C12H24O2/c13-9-2-1-3-11-4-6-12(7-5-11)8-10-14/h11-14H,1-10H2. The molecule has 2 nitrogen and oxygen atoms in total. The van der Waals surface area contributed by atoms with E-state index in [0.29, 0.717) is 13.2 Å². The molecule has 0 aromatic heterocycles. The molecule has 14 heavy (non-hydrogen) atoms. The maximum atomic E-state index is 8.83. The molecule has 0 amide bonds. The van der Waals surface area contributed by atoms with Gasteiger partial charge in [-0.15, -0.1) is 0 Å². The zero-order valence-electron chi connectivity index (χ0n) is 9.12. The second kappa shape index (κ2) is 7.24. The van der Waals surface area contributed by atoms with Crippen LogP contribution < -0.4 is 0 Å². The molecule has 84 valence electrons. The molecule has 0 heterocycles. The Kier molecular flexibility index (Phi) is 6.20. The van der Waals surface area contributed by atoms with Crippen LogP contribution in [0.1, 0.15) is 51.4 Å². The van der Waals surface area contributed by atoms with E-state index in [1.54, 1.807) is 0 Å². The van der Waals surface area contributed by atoms with Crippen LogP contribution in [0.2, 0.25) is 0 Å². The Hall–Kier alpha value is -0.0800. The number of hydrogen-bond acceptors (Lipinski definition) is 2. The van der Waals surface area contributed by atoms with Gasteiger partial charge in [0.15, 0.2) is 0 Å². The predicted molar refractivity (Wildman–Crippen MR) is 58.1 cm³/mol. The summed E-state index contributed by atoms with van der Waals surface area (Å²) in [6.45, 7) is 0.708. The third-order valence-electron chi connectivity index (χ3n) is 3.52. The summed E-state index contributed by atoms with van der Waals surface area (Å²) >= 11 is 0. The van der Waals surface area contributed by atoms with Crippen molar-refractivity contribution in [3.63, 3.8) is 0 Å². The number of aliphatic hydroxyl groups is 2. The van der Waals surface area contributed by atoms with Crippen molar-refractivity contribution in [2.75, 3.05) is 13.2 Å². The Balaban J connectivity index is 2.03. The highest BCUT2D eigenvalue weighted by atomic mass is 16.3. The van der Waals surface area contributed by atoms with Crippen molar-refractivity contribution in [1.29, 1.82) is 0 Å². The summed E-state index contributed by atoms with van der Waals surface area (Å²) in [5.41, 5.74) is 0. The molecular formula is C12H24O2. The topological polar surface area (TPSA) is 40.5 Å². The van der Waals surface area contributed by atoms with Crippen molar-refractivity contribution < 1.29 is 10.2 Å². The second-order valence-corrected chi connectivity index (χ2v) is 4.62. The molecule has 1 fully saturated rings. The normalized spacial score (nSPS) is 27.9. The molecule has 0 saturated heterocycles. The molecule has 2 heteroatoms. The van der Waals surface area contributed by atoms with E-state index < -0.39 is 0 Å². The molecule has 0 radical (unpaired) electrons. The van der Waals surface area contributed by atoms with Crippen LogP contribution in [0.25, 0.3) is 0 Å². The molecular weight excluding hydrogens is 176 g/mol. The van der Waals surface area contributed by atoms with Crippen molar-refractivity contribution in [2.24, 2.45) is 11.8 Å². The van der Waals surface area contributed by atoms with Crippen LogP contribution in [0.4, 0.5) is 0 Å². The SMILES string of the molecule is OCCCCC1CCC(CCO)CC1. The van der Waals surface area contributed by atoms with Crippen molar-refractivity contribution in [2.45, 2.75) is 51.4 Å². The third kappa shape index (κ3) is 4.43. The van der Waals surface area contributed by atoms with E-state index in [0.717, 1.165) is 24.7 Å². The highest BCUT2D eigenvalue weighted by molar-refractivity contribution is 4.72. The van der Waals surface area contributed by atoms with Crippen LogP contribution in [0.3, 0.4) is 0 Å². The summed E-state index contributed by atoms with van der Waals surface area (Å²) in [6.07, 6.45) is 9.76. The fourth-order valence-electron chi connectivity index (χ4n) is 2.54. The Labute approximate surface area is 87.3 Å². The van der Waals surface area contributed by atoms with Crippen LogP contribution in [-0.2, 0) is 0 Å². The summed E-state index contributed by atoms with van der Waals surface area (Å²) < 4.78 is 0. The van der Waals surface area contributed by atoms with Crippen molar-refractivity contribution in [3.05, 3.63) is 0 Å². The monoisotopic (exact) mass is 200 g/mol. The molecule has 1 rings (SSSR count). The van der Waals surface area contributed by atoms with E-state index in [4.69, 9.17) is 10.2 Å². The van der Waals surface area contributed by atoms with Gasteiger partial charge in [-0.2, -0.15) is 0 Å². The lowest BCUT2D eigenvalue weighted by molar-refractivity contribution is 0.197. The maximum Gasteiger partial charge on any atom is 0.0433 e. The molecule has 1 aliphatic carbocycles. The van der Waals surface area contributed by atoms with Crippen molar-refractivity contribution in [1.82, 2.24) is 0 Å². The van der Waals surface area contributed by atoms with Gasteiger partial charge in [-0.3, -0.25) is 0 Å². The highest BCUT2D eigenvalue weighted by Crippen LogP contribution is 2.33. The molecule has 0 atom stereocenters. The van der Waals surface area contributed by atoms with Crippen LogP contribution in [0.5, 0.6) is 0 Å². The van der Waals surface area contributed by atoms with E-state index in [-0.39, 0.29) is 0 Å². The number of rotatable bonds is 6. The molecule has 0 bridgehead atoms. The minimum atomic E-state index is 0.347. The molecule has 0 aliphatic heterocycles. The first-order valence-electron chi connectivity index (χ1n) is 6.08. The summed E-state index contributed by atoms with van der Waals surface area (Å²) in [4.78, 5) is 0. The van der Waals surface area contributed by atoms with Gasteiger partial charge in [0.2, 0.25) is 0 Å². The van der Waals surface area contributed by atoms with Gasteiger partial charge in [0, 0.05) is 13.2 Å². The Morgan fingerprint density at radius 3 is 1.79 bits per heavy atom. The van der Waals surface area contributed by atoms with Gasteiger partial charge in [-0.1, -0.05) is 38.5 Å². The Morgan fingerprint density at radius 2 is 1.29 bits per heavy atom. The van der Waals surface area contributed by atoms with Crippen LogP contribution in [0.15, 0.2) is 0 Å². The number of aliphatic hydroxyl groups excluding tert-OH is 2. The molecule has 0 aromatic carbocycles. The lowest BCUT2D eigenvalue weighted by Crippen LogP contribution is -2.15. The van der Waals surface area contributed by atoms with Gasteiger partial charge in [-0.05, 0) is 24.7 Å². The predicted octanol–water partition coefficient (Wildman–Crippen LogP) is 2.34. The van der Waals surface area contributed by atoms with Gasteiger partial charge in [0.25, 0.3) is 0 Å². The average molecular weight is 200 g/mol. The second-order valence-electron chi connectivity index (χ2n) is 4.62. The molecule has 1 saturated carbocycles. The van der Waals surface area contributed by atoms with Crippen LogP contribution in [-0.4, -0.2) is 23.4 Å². The van der Waals surface area contributed by atoms with E-state index in [2.05, 4.69) is 0 Å². The average Bonchev–Trinajstić information content (AvgIpc) is 2.21. The Morgan fingerprint density at radius 1 is 0.714 bits per heavy atom. The van der Waals surface area contributed by atoms with Gasteiger partial charge in [0.1, 0.15) is 0 Å². The summed E-state index contributed by atoms with van der Waals surface area (Å²) in [5, 5.41) is 17.5. The first-order valence-corrected chi connectivity index (χ1v) is 6.08. The highest BCUT2D eigenvalue weighted by Gasteiger charge is 2.19. The molecule has 2 N–H and O–H groups in total. The summed E-state index contributed by atoms with van der Waals surface area (Å²) in [5.74, 6) is 1.69. The van der Waals surface area contributed by atoms with E-state index >= 15 is 0 Å². The van der Waals surface area contributed by atoms with Crippen molar-refractivity contribution in [3.8, 4) is 0 Å². The minimum absolute atomic E-state index is 0.347. The van der Waals surface area contributed by atoms with Gasteiger partial charge >= 0.3 is 0 Å². The smallest absolute Gasteiger partial charge is 0.0433 e. The first kappa shape index (κ1) is 12.0. The first-order chi connectivity index (χ1) is 6.86. The fourth-order valence-corrected chi connectivity index (χ4v) is 2.54. The molecule has 0 aromatic rings. The van der Waals surface area contributed by atoms with Crippen molar-refractivity contribution >= 4 is 0 Å². The van der Waals surface area contributed by atoms with Gasteiger partial charge in [0.05, 0.1) is 0 Å². The third-order valence-corrected chi connectivity index (χ3v) is 3.52. The minimum Gasteiger partial charge on any atom is -0.396 e. The Bertz CT molecular complexity index is 128. The summed E-state index contributed by atoms with van der Waals surface area (Å²) in [7, 11) is 0. The summed E-state index contributed by atoms with van der Waals surface area (Å²) in [6, 6.07) is 0. The molecule has 0 unspecified atom stereocenters. The van der Waals surface area contributed by atoms with Gasteiger partial charge in [-0.25, -0.2) is 0 Å². The number of unbranched alkanes of at least 4 members (excludes halogenated alkanes) is 1. The van der Waals surface area contributed by atoms with Crippen LogP contribution in [0, 0.1) is 11.8 Å². The van der Waals surface area contributed by atoms with E-state index in [9.17, 15) is 0 Å². The molecule has 0 spiro atoms. The maximum absolute atomic E-state index is 8.83. The zero-order valence-corrected chi connectivity index (χ0v) is 9.12.